The summed E-state index contributed by atoms with van der Waals surface area (Å²) in [7, 11) is 0. The molecule has 0 aliphatic heterocycles. The molecule has 5 aliphatic carbocycles. The van der Waals surface area contributed by atoms with Gasteiger partial charge in [0.1, 0.15) is 5.82 Å². The van der Waals surface area contributed by atoms with Crippen LogP contribution in [-0.2, 0) is 11.2 Å². The van der Waals surface area contributed by atoms with E-state index in [0.717, 1.165) is 54.7 Å². The highest BCUT2D eigenvalue weighted by molar-refractivity contribution is 5.79. The Labute approximate surface area is 194 Å². The van der Waals surface area contributed by atoms with Crippen LogP contribution in [0.15, 0.2) is 30.5 Å². The lowest BCUT2D eigenvalue weighted by molar-refractivity contribution is -0.129. The normalized spacial score (nSPS) is 31.9. The number of amides is 1. The molecule has 5 fully saturated rings. The predicted molar refractivity (Wildman–Crippen MR) is 127 cm³/mol. The van der Waals surface area contributed by atoms with Crippen molar-refractivity contribution in [2.45, 2.75) is 76.0 Å². The van der Waals surface area contributed by atoms with Gasteiger partial charge in [-0.15, -0.1) is 0 Å². The second kappa shape index (κ2) is 7.97. The molecule has 7 heteroatoms. The summed E-state index contributed by atoms with van der Waals surface area (Å²) in [5.41, 5.74) is 2.44. The largest absolute Gasteiger partial charge is 0.390 e. The zero-order valence-corrected chi connectivity index (χ0v) is 19.2. The number of hydrogen-bond donors (Lipinski definition) is 4. The van der Waals surface area contributed by atoms with E-state index in [2.05, 4.69) is 20.9 Å². The Morgan fingerprint density at radius 1 is 1.18 bits per heavy atom. The lowest BCUT2D eigenvalue weighted by atomic mass is 9.52. The molecule has 0 radical (unpaired) electrons. The summed E-state index contributed by atoms with van der Waals surface area (Å²) in [5, 5.41) is 21.0. The lowest BCUT2D eigenvalue weighted by Crippen LogP contribution is -2.59. The van der Waals surface area contributed by atoms with Gasteiger partial charge in [-0.25, -0.2) is 4.98 Å². The van der Waals surface area contributed by atoms with Gasteiger partial charge in [-0.3, -0.25) is 4.79 Å². The fourth-order valence-corrected chi connectivity index (χ4v) is 6.60. The third-order valence-corrected chi connectivity index (χ3v) is 8.01. The molecule has 0 spiro atoms. The molecule has 174 valence electrons. The molecule has 1 aromatic heterocycles. The smallest absolute Gasteiger partial charge is 0.229 e. The van der Waals surface area contributed by atoms with E-state index in [-0.39, 0.29) is 5.91 Å². The van der Waals surface area contributed by atoms with Crippen molar-refractivity contribution in [2.75, 3.05) is 10.6 Å². The molecule has 2 unspecified atom stereocenters. The average molecular weight is 448 g/mol. The molecular weight excluding hydrogens is 414 g/mol. The summed E-state index contributed by atoms with van der Waals surface area (Å²) in [6.07, 6.45) is 9.67. The van der Waals surface area contributed by atoms with Crippen molar-refractivity contribution in [1.29, 1.82) is 0 Å². The van der Waals surface area contributed by atoms with Crippen molar-refractivity contribution in [3.63, 3.8) is 0 Å². The van der Waals surface area contributed by atoms with Crippen molar-refractivity contribution >= 4 is 23.4 Å². The minimum absolute atomic E-state index is 0.0769. The Kier molecular flexibility index (Phi) is 5.05. The van der Waals surface area contributed by atoms with E-state index in [1.807, 2.05) is 37.4 Å². The average Bonchev–Trinajstić information content (AvgIpc) is 3.56. The Balaban J connectivity index is 1.15. The topological polar surface area (TPSA) is 99.2 Å². The van der Waals surface area contributed by atoms with Crippen LogP contribution in [0.5, 0.6) is 0 Å². The zero-order valence-electron chi connectivity index (χ0n) is 19.2. The van der Waals surface area contributed by atoms with Gasteiger partial charge >= 0.3 is 0 Å². The highest BCUT2D eigenvalue weighted by atomic mass is 16.3. The number of carbonyl (C=O) groups is 1. The maximum Gasteiger partial charge on any atom is 0.229 e. The van der Waals surface area contributed by atoms with Gasteiger partial charge < -0.3 is 21.1 Å². The van der Waals surface area contributed by atoms with Gasteiger partial charge in [0.05, 0.1) is 12.0 Å². The predicted octanol–water partition coefficient (Wildman–Crippen LogP) is 3.70. The van der Waals surface area contributed by atoms with Crippen LogP contribution >= 0.6 is 0 Å². The standard InChI is InChI=1S/C26H33N5O2/c1-15-14-27-25(29-21-4-2-3-16(9-21)10-22(32)28-20-5-6-20)31-24(15)30-23-18-7-17-8-19(23)13-26(33,11-17)12-18/h2-4,9,14,17-20,23,33H,5-8,10-13H2,1H3,(H,28,32)(H2,27,29,30,31). The molecule has 5 saturated carbocycles. The minimum Gasteiger partial charge on any atom is -0.390 e. The molecule has 5 aliphatic rings. The Morgan fingerprint density at radius 3 is 2.70 bits per heavy atom. The van der Waals surface area contributed by atoms with Crippen LogP contribution < -0.4 is 16.0 Å². The summed E-state index contributed by atoms with van der Waals surface area (Å²) in [6.45, 7) is 2.04. The molecular formula is C26H33N5O2. The Morgan fingerprint density at radius 2 is 1.97 bits per heavy atom. The first-order valence-corrected chi connectivity index (χ1v) is 12.4. The SMILES string of the molecule is Cc1cnc(Nc2cccc(CC(=O)NC3CC3)c2)nc1NC1C2CC3CC1CC(O)(C3)C2. The summed E-state index contributed by atoms with van der Waals surface area (Å²) in [6, 6.07) is 8.63. The van der Waals surface area contributed by atoms with Crippen molar-refractivity contribution < 1.29 is 9.90 Å². The Hall–Kier alpha value is -2.67. The molecule has 33 heavy (non-hydrogen) atoms. The van der Waals surface area contributed by atoms with Crippen LogP contribution in [0.1, 0.15) is 56.1 Å². The monoisotopic (exact) mass is 447 g/mol. The molecule has 4 N–H and O–H groups in total. The highest BCUT2D eigenvalue weighted by Crippen LogP contribution is 2.56. The minimum atomic E-state index is -0.428. The van der Waals surface area contributed by atoms with Crippen molar-refractivity contribution in [3.05, 3.63) is 41.6 Å². The number of rotatable bonds is 7. The number of carbonyl (C=O) groups excluding carboxylic acids is 1. The number of aliphatic hydroxyl groups is 1. The van der Waals surface area contributed by atoms with Crippen LogP contribution in [-0.4, -0.2) is 38.7 Å². The molecule has 1 heterocycles. The second-order valence-corrected chi connectivity index (χ2v) is 10.9. The number of nitrogens with one attached hydrogen (secondary N) is 3. The Bertz CT molecular complexity index is 1050. The van der Waals surface area contributed by atoms with Crippen molar-refractivity contribution in [1.82, 2.24) is 15.3 Å². The van der Waals surface area contributed by atoms with E-state index in [1.54, 1.807) is 0 Å². The fourth-order valence-electron chi connectivity index (χ4n) is 6.60. The maximum absolute atomic E-state index is 12.1. The van der Waals surface area contributed by atoms with Gasteiger partial charge in [0.15, 0.2) is 0 Å². The third-order valence-electron chi connectivity index (χ3n) is 8.01. The van der Waals surface area contributed by atoms with E-state index in [4.69, 9.17) is 4.98 Å². The third kappa shape index (κ3) is 4.43. The van der Waals surface area contributed by atoms with Crippen LogP contribution in [0, 0.1) is 24.7 Å². The summed E-state index contributed by atoms with van der Waals surface area (Å²) in [5.74, 6) is 3.22. The molecule has 4 bridgehead atoms. The van der Waals surface area contributed by atoms with E-state index >= 15 is 0 Å². The van der Waals surface area contributed by atoms with E-state index in [0.29, 0.717) is 42.2 Å². The second-order valence-electron chi connectivity index (χ2n) is 10.9. The molecule has 1 aromatic carbocycles. The van der Waals surface area contributed by atoms with E-state index in [1.165, 1.54) is 12.8 Å². The molecule has 2 aromatic rings. The molecule has 0 saturated heterocycles. The van der Waals surface area contributed by atoms with Gasteiger partial charge in [-0.05, 0) is 87.3 Å². The van der Waals surface area contributed by atoms with Gasteiger partial charge in [0.2, 0.25) is 11.9 Å². The number of aryl methyl sites for hydroxylation is 1. The maximum atomic E-state index is 12.1. The van der Waals surface area contributed by atoms with Gasteiger partial charge in [0.25, 0.3) is 0 Å². The van der Waals surface area contributed by atoms with Gasteiger partial charge in [0, 0.05) is 29.5 Å². The van der Waals surface area contributed by atoms with Gasteiger partial charge in [-0.2, -0.15) is 4.98 Å². The van der Waals surface area contributed by atoms with Crippen LogP contribution in [0.25, 0.3) is 0 Å². The number of benzene rings is 1. The number of anilines is 3. The molecule has 7 nitrogen and oxygen atoms in total. The zero-order chi connectivity index (χ0) is 22.6. The molecule has 2 atom stereocenters. The lowest BCUT2D eigenvalue weighted by Gasteiger charge is -2.58. The van der Waals surface area contributed by atoms with Crippen LogP contribution in [0.4, 0.5) is 17.5 Å². The van der Waals surface area contributed by atoms with Crippen LogP contribution in [0.2, 0.25) is 0 Å². The number of nitrogens with zero attached hydrogens (tertiary/aromatic N) is 2. The van der Waals surface area contributed by atoms with Gasteiger partial charge in [-0.1, -0.05) is 12.1 Å². The fraction of sp³-hybridized carbons (Fsp3) is 0.577. The number of hydrogen-bond acceptors (Lipinski definition) is 6. The summed E-state index contributed by atoms with van der Waals surface area (Å²) in [4.78, 5) is 21.4. The van der Waals surface area contributed by atoms with Crippen molar-refractivity contribution in [3.8, 4) is 0 Å². The first-order valence-electron chi connectivity index (χ1n) is 12.4. The summed E-state index contributed by atoms with van der Waals surface area (Å²) >= 11 is 0. The molecule has 7 rings (SSSR count). The van der Waals surface area contributed by atoms with E-state index in [9.17, 15) is 9.90 Å². The molecule has 1 amide bonds. The van der Waals surface area contributed by atoms with Crippen molar-refractivity contribution in [2.24, 2.45) is 17.8 Å². The van der Waals surface area contributed by atoms with E-state index < -0.39 is 5.60 Å². The van der Waals surface area contributed by atoms with Crippen LogP contribution in [0.3, 0.4) is 0 Å². The first kappa shape index (κ1) is 20.9. The number of aromatic nitrogens is 2. The first-order chi connectivity index (χ1) is 15.9. The quantitative estimate of drug-likeness (QED) is 0.517. The summed E-state index contributed by atoms with van der Waals surface area (Å²) < 4.78 is 0. The highest BCUT2D eigenvalue weighted by Gasteiger charge is 2.54.